The van der Waals surface area contributed by atoms with Crippen LogP contribution in [0, 0.1) is 0 Å². The number of thiol groups is 1. The fourth-order valence-corrected chi connectivity index (χ4v) is 8.31. The Kier molecular flexibility index (Phi) is 7.81. The molecule has 4 aromatic rings. The molecule has 0 radical (unpaired) electrons. The van der Waals surface area contributed by atoms with Gasteiger partial charge in [0.15, 0.2) is 17.7 Å². The number of imidazole rings is 1. The Hall–Kier alpha value is -2.87. The number of nitrogens with zero attached hydrogens (tertiary/aromatic N) is 7. The summed E-state index contributed by atoms with van der Waals surface area (Å²) in [5, 5.41) is 8.23. The smallest absolute Gasteiger partial charge is 0.382 e. The number of primary amides is 1. The van der Waals surface area contributed by atoms with Gasteiger partial charge >= 0.3 is 13.5 Å². The monoisotopic (exact) mass is 697 g/mol. The molecule has 6 heterocycles. The molecule has 3 aliphatic heterocycles. The van der Waals surface area contributed by atoms with Crippen LogP contribution in [0.15, 0.2) is 43.0 Å². The second kappa shape index (κ2) is 11.4. The van der Waals surface area contributed by atoms with Crippen LogP contribution in [0.4, 0.5) is 5.82 Å². The second-order valence-electron chi connectivity index (χ2n) is 10.3. The van der Waals surface area contributed by atoms with Gasteiger partial charge in [0.1, 0.15) is 48.0 Å². The molecule has 2 bridgehead atoms. The lowest BCUT2D eigenvalue weighted by atomic mass is 10.1. The number of rotatable bonds is 3. The number of aromatic nitrogens is 7. The third-order valence-electron chi connectivity index (χ3n) is 7.54. The third-order valence-corrected chi connectivity index (χ3v) is 10.7. The van der Waals surface area contributed by atoms with E-state index >= 15 is 0 Å². The highest BCUT2D eigenvalue weighted by molar-refractivity contribution is 8.44. The minimum atomic E-state index is -4.05. The minimum absolute atomic E-state index is 0.142. The van der Waals surface area contributed by atoms with Gasteiger partial charge in [0.05, 0.1) is 30.6 Å². The van der Waals surface area contributed by atoms with E-state index in [0.717, 1.165) is 0 Å². The summed E-state index contributed by atoms with van der Waals surface area (Å²) in [5.41, 5.74) is 13.2. The molecule has 18 nitrogen and oxygen atoms in total. The number of ether oxygens (including phenoxy) is 2. The second-order valence-corrected chi connectivity index (χ2v) is 16.0. The molecule has 3 unspecified atom stereocenters. The Morgan fingerprint density at radius 1 is 1.13 bits per heavy atom. The lowest BCUT2D eigenvalue weighted by Crippen LogP contribution is -2.29. The van der Waals surface area contributed by atoms with Crippen molar-refractivity contribution < 1.29 is 41.8 Å². The van der Waals surface area contributed by atoms with E-state index in [9.17, 15) is 14.3 Å². The molecule has 3 fully saturated rings. The van der Waals surface area contributed by atoms with Crippen LogP contribution in [-0.4, -0.2) is 82.9 Å². The predicted molar refractivity (Wildman–Crippen MR) is 162 cm³/mol. The summed E-state index contributed by atoms with van der Waals surface area (Å²) in [6.45, 7) is -4.68. The number of amides is 1. The molecule has 45 heavy (non-hydrogen) atoms. The Balaban J connectivity index is 1.19. The molecule has 8 atom stereocenters. The Bertz CT molecular complexity index is 1940. The zero-order valence-corrected chi connectivity index (χ0v) is 26.4. The predicted octanol–water partition coefficient (Wildman–Crippen LogP) is 1.77. The SMILES string of the molecule is C=C1[C@H]2OP(O)(=S)OCC3O[C@@H](n4cnc5c(N)ncnc54)C[C@@H]3OP(=O)(S)OC[C@H]1O[C@H]2n1nnc2c(C(N)=O)cccc21. The van der Waals surface area contributed by atoms with Crippen LogP contribution < -0.4 is 11.5 Å². The van der Waals surface area contributed by atoms with E-state index in [-0.39, 0.29) is 42.1 Å². The van der Waals surface area contributed by atoms with E-state index < -0.39 is 56.3 Å². The first-order valence-electron chi connectivity index (χ1n) is 13.3. The first-order chi connectivity index (χ1) is 21.4. The number of nitrogens with two attached hydrogens (primary N) is 2. The summed E-state index contributed by atoms with van der Waals surface area (Å²) >= 11 is 9.56. The van der Waals surface area contributed by atoms with E-state index in [1.54, 1.807) is 16.7 Å². The topological polar surface area (TPSA) is 236 Å². The lowest BCUT2D eigenvalue weighted by molar-refractivity contribution is -0.0619. The van der Waals surface area contributed by atoms with Gasteiger partial charge in [0.2, 0.25) is 0 Å². The van der Waals surface area contributed by atoms with Crippen LogP contribution in [0.25, 0.3) is 22.2 Å². The molecular formula is C23H25N9O9P2S2. The van der Waals surface area contributed by atoms with Gasteiger partial charge < -0.3 is 30.4 Å². The summed E-state index contributed by atoms with van der Waals surface area (Å²) in [7, 11) is 0. The number of anilines is 1. The number of hydrogen-bond donors (Lipinski definition) is 4. The summed E-state index contributed by atoms with van der Waals surface area (Å²) in [6, 6.07) is 4.75. The number of fused-ring (bicyclic) bond motifs is 5. The highest BCUT2D eigenvalue weighted by atomic mass is 32.7. The van der Waals surface area contributed by atoms with Crippen LogP contribution in [0.3, 0.4) is 0 Å². The summed E-state index contributed by atoms with van der Waals surface area (Å²) in [6.07, 6.45) is -2.76. The quantitative estimate of drug-likeness (QED) is 0.136. The third kappa shape index (κ3) is 5.70. The zero-order chi connectivity index (χ0) is 31.7. The van der Waals surface area contributed by atoms with Crippen LogP contribution in [0.2, 0.25) is 0 Å². The number of hydrogen-bond acceptors (Lipinski definition) is 15. The summed E-state index contributed by atoms with van der Waals surface area (Å²) in [4.78, 5) is 35.6. The average Bonchev–Trinajstić information content (AvgIpc) is 3.76. The molecule has 0 saturated carbocycles. The molecule has 1 aromatic carbocycles. The maximum Gasteiger partial charge on any atom is 0.386 e. The molecule has 3 saturated heterocycles. The zero-order valence-electron chi connectivity index (χ0n) is 22.9. The van der Waals surface area contributed by atoms with Crippen molar-refractivity contribution in [2.75, 3.05) is 18.9 Å². The van der Waals surface area contributed by atoms with Gasteiger partial charge in [-0.1, -0.05) is 30.1 Å². The molecule has 3 aliphatic rings. The molecule has 0 spiro atoms. The Morgan fingerprint density at radius 2 is 1.96 bits per heavy atom. The number of nitrogen functional groups attached to an aromatic ring is 1. The van der Waals surface area contributed by atoms with Gasteiger partial charge in [0.25, 0.3) is 5.91 Å². The van der Waals surface area contributed by atoms with Crippen molar-refractivity contribution in [3.05, 3.63) is 48.6 Å². The maximum absolute atomic E-state index is 13.5. The van der Waals surface area contributed by atoms with Crippen LogP contribution >= 0.6 is 25.8 Å². The highest BCUT2D eigenvalue weighted by Crippen LogP contribution is 2.58. The van der Waals surface area contributed by atoms with E-state index in [4.69, 9.17) is 50.8 Å². The molecule has 5 N–H and O–H groups in total. The van der Waals surface area contributed by atoms with E-state index in [0.29, 0.717) is 16.7 Å². The fraction of sp³-hybridized carbons (Fsp3) is 0.391. The summed E-state index contributed by atoms with van der Waals surface area (Å²) in [5.74, 6) is -0.510. The first kappa shape index (κ1) is 30.8. The van der Waals surface area contributed by atoms with Gasteiger partial charge in [0, 0.05) is 6.42 Å². The van der Waals surface area contributed by atoms with Crippen molar-refractivity contribution in [1.29, 1.82) is 0 Å². The van der Waals surface area contributed by atoms with Gasteiger partial charge in [-0.25, -0.2) is 24.2 Å². The first-order valence-corrected chi connectivity index (χ1v) is 18.6. The van der Waals surface area contributed by atoms with Crippen molar-refractivity contribution in [1.82, 2.24) is 34.5 Å². The van der Waals surface area contributed by atoms with Gasteiger partial charge in [-0.15, -0.1) is 5.10 Å². The van der Waals surface area contributed by atoms with Gasteiger partial charge in [-0.2, -0.15) is 0 Å². The summed E-state index contributed by atoms with van der Waals surface area (Å²) < 4.78 is 51.9. The van der Waals surface area contributed by atoms with Crippen molar-refractivity contribution in [2.45, 2.75) is 43.3 Å². The molecule has 238 valence electrons. The number of carbonyl (C=O) groups is 1. The van der Waals surface area contributed by atoms with Crippen LogP contribution in [0.1, 0.15) is 29.2 Å². The van der Waals surface area contributed by atoms with Crippen molar-refractivity contribution in [3.8, 4) is 0 Å². The average molecular weight is 698 g/mol. The molecule has 0 aliphatic carbocycles. The molecular weight excluding hydrogens is 672 g/mol. The Morgan fingerprint density at radius 3 is 2.76 bits per heavy atom. The number of benzene rings is 1. The maximum atomic E-state index is 13.5. The van der Waals surface area contributed by atoms with Crippen molar-refractivity contribution in [3.63, 3.8) is 0 Å². The Labute approximate surface area is 263 Å². The normalized spacial score (nSPS) is 34.3. The van der Waals surface area contributed by atoms with Gasteiger partial charge in [-0.3, -0.25) is 22.9 Å². The molecule has 1 amide bonds. The fourth-order valence-electron chi connectivity index (χ4n) is 5.41. The highest BCUT2D eigenvalue weighted by Gasteiger charge is 2.48. The molecule has 3 aromatic heterocycles. The van der Waals surface area contributed by atoms with E-state index in [2.05, 4.69) is 44.1 Å². The lowest BCUT2D eigenvalue weighted by Gasteiger charge is -2.26. The molecule has 7 rings (SSSR count). The van der Waals surface area contributed by atoms with E-state index in [1.807, 2.05) is 0 Å². The number of carbonyl (C=O) groups excluding carboxylic acids is 1. The van der Waals surface area contributed by atoms with E-state index in [1.165, 1.54) is 23.4 Å². The van der Waals surface area contributed by atoms with Gasteiger partial charge in [-0.05, 0) is 29.5 Å². The van der Waals surface area contributed by atoms with Crippen molar-refractivity contribution >= 4 is 71.5 Å². The van der Waals surface area contributed by atoms with Crippen LogP contribution in [-0.2, 0) is 43.9 Å². The van der Waals surface area contributed by atoms with Crippen molar-refractivity contribution in [2.24, 2.45) is 5.73 Å². The largest absolute Gasteiger partial charge is 0.386 e. The van der Waals surface area contributed by atoms with Crippen LogP contribution in [0.5, 0.6) is 0 Å². The minimum Gasteiger partial charge on any atom is -0.382 e. The standard InChI is InChI=1S/C23H25N9O9P2S2/c1-10-14-6-36-42(34,44)40-13-5-16(31-9-28-18-20(24)26-8-27-22(18)31)38-15(13)7-37-43(35,45)41-19(10)23(39-14)32-12-4-2-3-11(21(25)33)17(12)29-30-32/h2-4,8-9,13-16,19,23H,1,5-7H2,(H2,25,33)(H,34,44)(H,35,45)(H2,24,26,27)/t13-,14+,15?,16+,19+,23+,42?,43?/m0/s1. The molecule has 22 heteroatoms.